The average Bonchev–Trinajstić information content (AvgIpc) is 3.46. The summed E-state index contributed by atoms with van der Waals surface area (Å²) in [5.41, 5.74) is 9.73. The molecule has 0 bridgehead atoms. The lowest BCUT2D eigenvalue weighted by molar-refractivity contribution is -0.132. The second kappa shape index (κ2) is 9.70. The number of hydrogen-bond acceptors (Lipinski definition) is 5. The second-order valence-electron chi connectivity index (χ2n) is 7.88. The maximum absolute atomic E-state index is 12.6. The van der Waals surface area contributed by atoms with E-state index >= 15 is 0 Å². The normalized spacial score (nSPS) is 16.7. The number of carbonyl (C=O) groups is 1. The molecule has 3 aromatic rings. The van der Waals surface area contributed by atoms with Crippen LogP contribution in [0.15, 0.2) is 48.7 Å². The van der Waals surface area contributed by atoms with Crippen LogP contribution in [0, 0.1) is 11.3 Å². The van der Waals surface area contributed by atoms with E-state index in [2.05, 4.69) is 16.4 Å². The number of amides is 1. The van der Waals surface area contributed by atoms with Gasteiger partial charge in [-0.1, -0.05) is 58.7 Å². The van der Waals surface area contributed by atoms with Gasteiger partial charge in [-0.25, -0.2) is 4.68 Å². The summed E-state index contributed by atoms with van der Waals surface area (Å²) < 4.78 is 1.74. The van der Waals surface area contributed by atoms with E-state index in [0.29, 0.717) is 29.6 Å². The predicted molar refractivity (Wildman–Crippen MR) is 123 cm³/mol. The van der Waals surface area contributed by atoms with E-state index in [4.69, 9.17) is 28.9 Å². The maximum Gasteiger partial charge on any atom is 0.240 e. The number of hydrogen-bond donors (Lipinski definition) is 1. The van der Waals surface area contributed by atoms with Crippen molar-refractivity contribution >= 4 is 29.1 Å². The molecule has 0 aliphatic carbocycles. The molecule has 1 aliphatic heterocycles. The van der Waals surface area contributed by atoms with Crippen molar-refractivity contribution < 1.29 is 4.79 Å². The fourth-order valence-electron chi connectivity index (χ4n) is 3.86. The lowest BCUT2D eigenvalue weighted by atomic mass is 10.0. The van der Waals surface area contributed by atoms with E-state index in [0.717, 1.165) is 35.2 Å². The third-order valence-corrected chi connectivity index (χ3v) is 6.31. The van der Waals surface area contributed by atoms with Crippen LogP contribution >= 0.6 is 23.2 Å². The quantitative estimate of drug-likeness (QED) is 0.594. The van der Waals surface area contributed by atoms with Crippen molar-refractivity contribution in [1.29, 1.82) is 5.26 Å². The van der Waals surface area contributed by atoms with E-state index in [-0.39, 0.29) is 11.9 Å². The van der Waals surface area contributed by atoms with E-state index in [9.17, 15) is 10.1 Å². The summed E-state index contributed by atoms with van der Waals surface area (Å²) in [7, 11) is 0. The molecular weight excluding hydrogens is 447 g/mol. The highest BCUT2D eigenvalue weighted by Crippen LogP contribution is 2.24. The molecule has 1 saturated heterocycles. The highest BCUT2D eigenvalue weighted by molar-refractivity contribution is 6.42. The molecule has 1 aromatic heterocycles. The topological polar surface area (TPSA) is 101 Å². The van der Waals surface area contributed by atoms with Crippen LogP contribution in [0.1, 0.15) is 24.0 Å². The van der Waals surface area contributed by atoms with E-state index in [1.54, 1.807) is 15.6 Å². The highest BCUT2D eigenvalue weighted by atomic mass is 35.5. The molecule has 9 heteroatoms. The molecule has 2 heterocycles. The van der Waals surface area contributed by atoms with Gasteiger partial charge in [-0.15, -0.1) is 5.10 Å². The Morgan fingerprint density at radius 2 is 1.94 bits per heavy atom. The molecule has 164 valence electrons. The number of rotatable bonds is 6. The van der Waals surface area contributed by atoms with Crippen LogP contribution < -0.4 is 5.73 Å². The first kappa shape index (κ1) is 22.3. The summed E-state index contributed by atoms with van der Waals surface area (Å²) in [6.07, 6.45) is 3.84. The number of benzene rings is 2. The number of nitriles is 1. The van der Waals surface area contributed by atoms with Gasteiger partial charge in [-0.2, -0.15) is 5.26 Å². The minimum absolute atomic E-state index is 0.164. The monoisotopic (exact) mass is 468 g/mol. The summed E-state index contributed by atoms with van der Waals surface area (Å²) in [6.45, 7) is 1.13. The number of likely N-dealkylation sites (tertiary alicyclic amines) is 1. The average molecular weight is 469 g/mol. The Balaban J connectivity index is 1.39. The van der Waals surface area contributed by atoms with Gasteiger partial charge in [-0.05, 0) is 42.5 Å². The Kier molecular flexibility index (Phi) is 6.75. The van der Waals surface area contributed by atoms with Gasteiger partial charge in [0.2, 0.25) is 5.91 Å². The van der Waals surface area contributed by atoms with Crippen LogP contribution in [0.5, 0.6) is 0 Å². The largest absolute Gasteiger partial charge is 0.325 e. The summed E-state index contributed by atoms with van der Waals surface area (Å²) in [6, 6.07) is 14.4. The molecule has 32 heavy (non-hydrogen) atoms. The van der Waals surface area contributed by atoms with Gasteiger partial charge in [-0.3, -0.25) is 4.79 Å². The summed E-state index contributed by atoms with van der Waals surface area (Å²) in [5, 5.41) is 18.7. The van der Waals surface area contributed by atoms with Crippen LogP contribution in [0.3, 0.4) is 0 Å². The SMILES string of the molecule is N#C[C@@H]1CCCN1C(=O)[C@@H](N)Cc1ccc(-c2cn(Cc3ccc(Cl)c(Cl)c3)nn2)cc1. The molecule has 1 amide bonds. The van der Waals surface area contributed by atoms with Crippen LogP contribution in [0.25, 0.3) is 11.3 Å². The number of nitrogens with zero attached hydrogens (tertiary/aromatic N) is 5. The zero-order chi connectivity index (χ0) is 22.7. The van der Waals surface area contributed by atoms with E-state index < -0.39 is 6.04 Å². The first-order valence-corrected chi connectivity index (χ1v) is 11.1. The Morgan fingerprint density at radius 1 is 1.19 bits per heavy atom. The Morgan fingerprint density at radius 3 is 2.66 bits per heavy atom. The minimum atomic E-state index is -0.665. The number of nitrogens with two attached hydrogens (primary N) is 1. The van der Waals surface area contributed by atoms with Gasteiger partial charge in [0.1, 0.15) is 11.7 Å². The van der Waals surface area contributed by atoms with Gasteiger partial charge in [0.15, 0.2) is 0 Å². The van der Waals surface area contributed by atoms with Crippen molar-refractivity contribution in [2.24, 2.45) is 5.73 Å². The van der Waals surface area contributed by atoms with Gasteiger partial charge >= 0.3 is 0 Å². The molecule has 0 saturated carbocycles. The summed E-state index contributed by atoms with van der Waals surface area (Å²) in [5.74, 6) is -0.164. The molecule has 2 N–H and O–H groups in total. The second-order valence-corrected chi connectivity index (χ2v) is 8.69. The van der Waals surface area contributed by atoms with Gasteiger partial charge in [0.25, 0.3) is 0 Å². The number of aromatic nitrogens is 3. The zero-order valence-corrected chi connectivity index (χ0v) is 18.8. The van der Waals surface area contributed by atoms with Gasteiger partial charge < -0.3 is 10.6 Å². The minimum Gasteiger partial charge on any atom is -0.325 e. The zero-order valence-electron chi connectivity index (χ0n) is 17.3. The Bertz CT molecular complexity index is 1150. The van der Waals surface area contributed by atoms with Gasteiger partial charge in [0, 0.05) is 12.1 Å². The highest BCUT2D eigenvalue weighted by Gasteiger charge is 2.31. The van der Waals surface area contributed by atoms with E-state index in [1.807, 2.05) is 42.6 Å². The molecule has 0 spiro atoms. The van der Waals surface area contributed by atoms with Crippen molar-refractivity contribution in [2.45, 2.75) is 37.9 Å². The number of halogens is 2. The molecule has 7 nitrogen and oxygen atoms in total. The molecular formula is C23H22Cl2N6O. The van der Waals surface area contributed by atoms with Crippen LogP contribution in [0.4, 0.5) is 0 Å². The predicted octanol–water partition coefficient (Wildman–Crippen LogP) is 3.68. The lowest BCUT2D eigenvalue weighted by Gasteiger charge is -2.23. The van der Waals surface area contributed by atoms with Gasteiger partial charge in [0.05, 0.1) is 34.9 Å². The van der Waals surface area contributed by atoms with Crippen molar-refractivity contribution in [3.8, 4) is 17.3 Å². The molecule has 0 unspecified atom stereocenters. The molecule has 0 radical (unpaired) electrons. The molecule has 1 aliphatic rings. The van der Waals surface area contributed by atoms with Crippen molar-refractivity contribution in [3.63, 3.8) is 0 Å². The third kappa shape index (κ3) is 4.94. The number of carbonyl (C=O) groups excluding carboxylic acids is 1. The van der Waals surface area contributed by atoms with Crippen molar-refractivity contribution in [2.75, 3.05) is 6.54 Å². The van der Waals surface area contributed by atoms with Crippen LogP contribution in [-0.2, 0) is 17.8 Å². The summed E-state index contributed by atoms with van der Waals surface area (Å²) in [4.78, 5) is 14.2. The van der Waals surface area contributed by atoms with Crippen LogP contribution in [0.2, 0.25) is 10.0 Å². The molecule has 1 fully saturated rings. The standard InChI is InChI=1S/C23H22Cl2N6O/c24-19-8-5-16(10-20(19)25)13-30-14-22(28-29-30)17-6-3-15(4-7-17)11-21(27)23(32)31-9-1-2-18(31)12-26/h3-8,10,14,18,21H,1-2,9,11,13,27H2/t18-,21-/m0/s1. The first-order chi connectivity index (χ1) is 15.4. The fraction of sp³-hybridized carbons (Fsp3) is 0.304. The third-order valence-electron chi connectivity index (χ3n) is 5.57. The first-order valence-electron chi connectivity index (χ1n) is 10.3. The van der Waals surface area contributed by atoms with Crippen molar-refractivity contribution in [3.05, 3.63) is 69.8 Å². The fourth-order valence-corrected chi connectivity index (χ4v) is 4.18. The Labute approximate surface area is 196 Å². The summed E-state index contributed by atoms with van der Waals surface area (Å²) >= 11 is 12.0. The Hall–Kier alpha value is -2.92. The van der Waals surface area contributed by atoms with Crippen molar-refractivity contribution in [1.82, 2.24) is 19.9 Å². The lowest BCUT2D eigenvalue weighted by Crippen LogP contribution is -2.46. The smallest absolute Gasteiger partial charge is 0.240 e. The molecule has 2 atom stereocenters. The maximum atomic E-state index is 12.6. The molecule has 2 aromatic carbocycles. The van der Waals surface area contributed by atoms with E-state index in [1.165, 1.54) is 0 Å². The van der Waals surface area contributed by atoms with Crippen LogP contribution in [-0.4, -0.2) is 44.4 Å². The molecule has 4 rings (SSSR count).